The van der Waals surface area contributed by atoms with Gasteiger partial charge in [0, 0.05) is 31.1 Å². The highest BCUT2D eigenvalue weighted by atomic mass is 32.2. The van der Waals surface area contributed by atoms with E-state index in [1.807, 2.05) is 0 Å². The molecule has 0 saturated carbocycles. The van der Waals surface area contributed by atoms with Gasteiger partial charge >= 0.3 is 0 Å². The minimum absolute atomic E-state index is 0.0239. The van der Waals surface area contributed by atoms with Gasteiger partial charge in [0.15, 0.2) is 0 Å². The van der Waals surface area contributed by atoms with Crippen LogP contribution in [-0.2, 0) is 27.8 Å². The highest BCUT2D eigenvalue weighted by molar-refractivity contribution is 7.94. The van der Waals surface area contributed by atoms with Crippen molar-refractivity contribution in [2.75, 3.05) is 11.3 Å². The molecule has 0 radical (unpaired) electrons. The van der Waals surface area contributed by atoms with Crippen LogP contribution in [0.15, 0.2) is 33.4 Å². The Hall–Kier alpha value is -2.13. The molecule has 0 aromatic carbocycles. The molecule has 0 aliphatic carbocycles. The lowest BCUT2D eigenvalue weighted by Gasteiger charge is -2.25. The number of carbonyl (C=O) groups is 1. The third kappa shape index (κ3) is 3.15. The molecule has 23 heavy (non-hydrogen) atoms. The molecular formula is C14H15N3O4S2. The number of sulfonamides is 1. The fourth-order valence-corrected chi connectivity index (χ4v) is 5.01. The van der Waals surface area contributed by atoms with E-state index < -0.39 is 15.6 Å². The molecule has 2 N–H and O–H groups in total. The summed E-state index contributed by atoms with van der Waals surface area (Å²) >= 11 is 1.18. The number of rotatable bonds is 3. The maximum Gasteiger partial charge on any atom is 0.272 e. The van der Waals surface area contributed by atoms with Crippen LogP contribution in [0.25, 0.3) is 0 Å². The fraction of sp³-hybridized carbons (Fsp3) is 0.286. The lowest BCUT2D eigenvalue weighted by molar-refractivity contribution is -0.129. The molecule has 1 aliphatic rings. The largest absolute Gasteiger partial charge is 0.338 e. The molecule has 0 atom stereocenters. The van der Waals surface area contributed by atoms with Crippen molar-refractivity contribution < 1.29 is 13.2 Å². The number of fused-ring (bicyclic) bond motifs is 1. The first-order valence-electron chi connectivity index (χ1n) is 6.94. The number of anilines is 1. The number of hydrogen-bond donors (Lipinski definition) is 2. The predicted octanol–water partition coefficient (Wildman–Crippen LogP) is 1.14. The van der Waals surface area contributed by atoms with Gasteiger partial charge in [0.2, 0.25) is 5.91 Å². The first kappa shape index (κ1) is 15.8. The Morgan fingerprint density at radius 3 is 2.91 bits per heavy atom. The first-order valence-corrected chi connectivity index (χ1v) is 9.24. The normalized spacial score (nSPS) is 14.4. The van der Waals surface area contributed by atoms with Gasteiger partial charge in [0.25, 0.3) is 15.6 Å². The van der Waals surface area contributed by atoms with Crippen LogP contribution in [0.4, 0.5) is 5.69 Å². The molecule has 0 fully saturated rings. The van der Waals surface area contributed by atoms with Crippen LogP contribution in [0, 0.1) is 0 Å². The van der Waals surface area contributed by atoms with Crippen LogP contribution >= 0.6 is 11.3 Å². The summed E-state index contributed by atoms with van der Waals surface area (Å²) in [6.07, 6.45) is 2.07. The second-order valence-electron chi connectivity index (χ2n) is 5.22. The molecule has 3 heterocycles. The highest BCUT2D eigenvalue weighted by Gasteiger charge is 2.25. The average molecular weight is 353 g/mol. The van der Waals surface area contributed by atoms with Crippen LogP contribution in [0.3, 0.4) is 0 Å². The summed E-state index contributed by atoms with van der Waals surface area (Å²) in [7, 11) is -3.82. The molecule has 7 nitrogen and oxygen atoms in total. The number of hydrogen-bond acceptors (Lipinski definition) is 5. The minimum Gasteiger partial charge on any atom is -0.338 e. The summed E-state index contributed by atoms with van der Waals surface area (Å²) in [6, 6.07) is 4.53. The van der Waals surface area contributed by atoms with Gasteiger partial charge in [-0.2, -0.15) is 0 Å². The molecule has 0 saturated heterocycles. The molecule has 0 spiro atoms. The number of H-pyrrole nitrogens is 1. The molecule has 2 aromatic heterocycles. The van der Waals surface area contributed by atoms with Crippen molar-refractivity contribution in [1.29, 1.82) is 0 Å². The van der Waals surface area contributed by atoms with Crippen LogP contribution in [0.1, 0.15) is 17.4 Å². The van der Waals surface area contributed by atoms with E-state index in [-0.39, 0.29) is 15.8 Å². The van der Waals surface area contributed by atoms with Gasteiger partial charge in [-0.05, 0) is 30.2 Å². The molecule has 3 rings (SSSR count). The second-order valence-corrected chi connectivity index (χ2v) is 8.27. The van der Waals surface area contributed by atoms with E-state index in [2.05, 4.69) is 9.71 Å². The molecular weight excluding hydrogens is 338 g/mol. The molecule has 122 valence electrons. The van der Waals surface area contributed by atoms with E-state index in [4.69, 9.17) is 0 Å². The van der Waals surface area contributed by atoms with E-state index in [0.717, 1.165) is 10.4 Å². The fourth-order valence-electron chi connectivity index (χ4n) is 2.40. The zero-order valence-corrected chi connectivity index (χ0v) is 14.0. The van der Waals surface area contributed by atoms with Gasteiger partial charge in [-0.3, -0.25) is 14.3 Å². The average Bonchev–Trinajstić information content (AvgIpc) is 2.93. The van der Waals surface area contributed by atoms with E-state index in [1.54, 1.807) is 17.0 Å². The lowest BCUT2D eigenvalue weighted by Crippen LogP contribution is -2.33. The number of amides is 1. The van der Waals surface area contributed by atoms with E-state index in [9.17, 15) is 18.0 Å². The SMILES string of the molecule is CC(=O)N1CCc2sc(S(=O)(=O)Nc3ccc[nH]c3=O)cc2C1. The van der Waals surface area contributed by atoms with E-state index in [0.29, 0.717) is 19.5 Å². The molecule has 1 amide bonds. The third-order valence-electron chi connectivity index (χ3n) is 3.62. The molecule has 0 unspecified atom stereocenters. The van der Waals surface area contributed by atoms with Gasteiger partial charge in [-0.1, -0.05) is 0 Å². The Morgan fingerprint density at radius 2 is 2.22 bits per heavy atom. The van der Waals surface area contributed by atoms with Crippen LogP contribution in [0.2, 0.25) is 0 Å². The van der Waals surface area contributed by atoms with Crippen molar-refractivity contribution in [3.05, 3.63) is 45.2 Å². The lowest BCUT2D eigenvalue weighted by atomic mass is 10.1. The first-order chi connectivity index (χ1) is 10.9. The monoisotopic (exact) mass is 353 g/mol. The number of aromatic amines is 1. The maximum atomic E-state index is 12.5. The summed E-state index contributed by atoms with van der Waals surface area (Å²) in [5.74, 6) is -0.0276. The topological polar surface area (TPSA) is 99.3 Å². The third-order valence-corrected chi connectivity index (χ3v) is 6.69. The second kappa shape index (κ2) is 5.82. The minimum atomic E-state index is -3.82. The van der Waals surface area contributed by atoms with Crippen molar-refractivity contribution in [1.82, 2.24) is 9.88 Å². The summed E-state index contributed by atoms with van der Waals surface area (Å²) in [5.41, 5.74) is 0.322. The summed E-state index contributed by atoms with van der Waals surface area (Å²) in [5, 5.41) is 0. The number of carbonyl (C=O) groups excluding carboxylic acids is 1. The quantitative estimate of drug-likeness (QED) is 0.864. The van der Waals surface area contributed by atoms with Gasteiger partial charge in [-0.15, -0.1) is 11.3 Å². The number of thiophene rings is 1. The van der Waals surface area contributed by atoms with Crippen molar-refractivity contribution >= 4 is 33.0 Å². The van der Waals surface area contributed by atoms with Crippen molar-refractivity contribution in [2.45, 2.75) is 24.1 Å². The van der Waals surface area contributed by atoms with E-state index in [1.165, 1.54) is 30.5 Å². The van der Waals surface area contributed by atoms with Gasteiger partial charge in [0.1, 0.15) is 9.90 Å². The predicted molar refractivity (Wildman–Crippen MR) is 87.0 cm³/mol. The summed E-state index contributed by atoms with van der Waals surface area (Å²) in [6.45, 7) is 2.51. The van der Waals surface area contributed by atoms with Crippen LogP contribution < -0.4 is 10.3 Å². The maximum absolute atomic E-state index is 12.5. The van der Waals surface area contributed by atoms with Crippen molar-refractivity contribution in [3.8, 4) is 0 Å². The van der Waals surface area contributed by atoms with Crippen LogP contribution in [0.5, 0.6) is 0 Å². The smallest absolute Gasteiger partial charge is 0.272 e. The zero-order chi connectivity index (χ0) is 16.6. The Balaban J connectivity index is 1.89. The zero-order valence-electron chi connectivity index (χ0n) is 12.3. The Morgan fingerprint density at radius 1 is 1.43 bits per heavy atom. The van der Waals surface area contributed by atoms with Crippen LogP contribution in [-0.4, -0.2) is 30.8 Å². The highest BCUT2D eigenvalue weighted by Crippen LogP contribution is 2.31. The molecule has 0 bridgehead atoms. The number of aromatic nitrogens is 1. The number of nitrogens with zero attached hydrogens (tertiary/aromatic N) is 1. The number of pyridine rings is 1. The summed E-state index contributed by atoms with van der Waals surface area (Å²) < 4.78 is 27.4. The van der Waals surface area contributed by atoms with E-state index >= 15 is 0 Å². The standard InChI is InChI=1S/C14H15N3O4S2/c1-9(18)17-6-4-12-10(8-17)7-13(22-12)23(20,21)16-11-3-2-5-15-14(11)19/h2-3,5,7,16H,4,6,8H2,1H3,(H,15,19). The Bertz CT molecular complexity index is 914. The summed E-state index contributed by atoms with van der Waals surface area (Å²) in [4.78, 5) is 28.1. The van der Waals surface area contributed by atoms with Crippen molar-refractivity contribution in [2.24, 2.45) is 0 Å². The molecule has 2 aromatic rings. The molecule has 1 aliphatic heterocycles. The Kier molecular flexibility index (Phi) is 3.99. The van der Waals surface area contributed by atoms with Gasteiger partial charge in [0.05, 0.1) is 0 Å². The molecule has 9 heteroatoms. The van der Waals surface area contributed by atoms with Gasteiger partial charge in [-0.25, -0.2) is 8.42 Å². The Labute approximate surface area is 137 Å². The number of nitrogens with one attached hydrogen (secondary N) is 2. The van der Waals surface area contributed by atoms with Crippen molar-refractivity contribution in [3.63, 3.8) is 0 Å². The van der Waals surface area contributed by atoms with Gasteiger partial charge < -0.3 is 9.88 Å².